The molecule has 2 heterocycles. The van der Waals surface area contributed by atoms with Gasteiger partial charge >= 0.3 is 0 Å². The van der Waals surface area contributed by atoms with E-state index in [0.29, 0.717) is 18.3 Å². The zero-order valence-corrected chi connectivity index (χ0v) is 17.2. The molecule has 1 aromatic heterocycles. The standard InChI is InChI=1S/C21H23BrN4O/c1-15-6-5-9-19(16(15)2)26-12-10-25(11-13-26)14-20-23-24-21(27-20)17-7-3-4-8-18(17)22/h3-9H,10-14H2,1-2H3. The quantitative estimate of drug-likeness (QED) is 0.616. The number of anilines is 1. The van der Waals surface area contributed by atoms with E-state index < -0.39 is 0 Å². The Morgan fingerprint density at radius 2 is 1.74 bits per heavy atom. The van der Waals surface area contributed by atoms with E-state index in [-0.39, 0.29) is 0 Å². The van der Waals surface area contributed by atoms with Gasteiger partial charge in [-0.2, -0.15) is 0 Å². The molecule has 0 aliphatic carbocycles. The second-order valence-electron chi connectivity index (χ2n) is 6.96. The molecule has 5 nitrogen and oxygen atoms in total. The zero-order chi connectivity index (χ0) is 18.8. The van der Waals surface area contributed by atoms with E-state index >= 15 is 0 Å². The Kier molecular flexibility index (Phi) is 5.27. The third-order valence-corrected chi connectivity index (χ3v) is 5.91. The van der Waals surface area contributed by atoms with E-state index in [0.717, 1.165) is 36.2 Å². The summed E-state index contributed by atoms with van der Waals surface area (Å²) < 4.78 is 6.85. The SMILES string of the molecule is Cc1cccc(N2CCN(Cc3nnc(-c4ccccc4Br)o3)CC2)c1C. The van der Waals surface area contributed by atoms with Crippen molar-refractivity contribution < 1.29 is 4.42 Å². The maximum atomic E-state index is 5.89. The van der Waals surface area contributed by atoms with Crippen molar-refractivity contribution in [3.8, 4) is 11.5 Å². The summed E-state index contributed by atoms with van der Waals surface area (Å²) >= 11 is 3.54. The number of hydrogen-bond acceptors (Lipinski definition) is 5. The maximum absolute atomic E-state index is 5.89. The Balaban J connectivity index is 1.39. The van der Waals surface area contributed by atoms with Gasteiger partial charge in [0.25, 0.3) is 0 Å². The minimum Gasteiger partial charge on any atom is -0.419 e. The molecule has 6 heteroatoms. The number of hydrogen-bond donors (Lipinski definition) is 0. The highest BCUT2D eigenvalue weighted by atomic mass is 79.9. The highest BCUT2D eigenvalue weighted by Gasteiger charge is 2.21. The molecule has 0 unspecified atom stereocenters. The van der Waals surface area contributed by atoms with Gasteiger partial charge in [0.15, 0.2) is 0 Å². The number of nitrogens with zero attached hydrogens (tertiary/aromatic N) is 4. The molecule has 0 radical (unpaired) electrons. The van der Waals surface area contributed by atoms with Gasteiger partial charge in [-0.25, -0.2) is 0 Å². The fourth-order valence-electron chi connectivity index (χ4n) is 3.48. The van der Waals surface area contributed by atoms with Gasteiger partial charge in [0.05, 0.1) is 12.1 Å². The van der Waals surface area contributed by atoms with Crippen LogP contribution < -0.4 is 4.90 Å². The number of aromatic nitrogens is 2. The fourth-order valence-corrected chi connectivity index (χ4v) is 3.93. The van der Waals surface area contributed by atoms with Crippen molar-refractivity contribution in [3.63, 3.8) is 0 Å². The van der Waals surface area contributed by atoms with Crippen molar-refractivity contribution in [2.24, 2.45) is 0 Å². The lowest BCUT2D eigenvalue weighted by atomic mass is 10.1. The van der Waals surface area contributed by atoms with Crippen molar-refractivity contribution in [1.29, 1.82) is 0 Å². The fraction of sp³-hybridized carbons (Fsp3) is 0.333. The summed E-state index contributed by atoms with van der Waals surface area (Å²) in [6, 6.07) is 14.4. The highest BCUT2D eigenvalue weighted by Crippen LogP contribution is 2.27. The number of piperazine rings is 1. The predicted molar refractivity (Wildman–Crippen MR) is 111 cm³/mol. The van der Waals surface area contributed by atoms with Crippen LogP contribution in [0, 0.1) is 13.8 Å². The van der Waals surface area contributed by atoms with E-state index in [1.54, 1.807) is 0 Å². The van der Waals surface area contributed by atoms with E-state index in [2.05, 4.69) is 68.0 Å². The molecule has 3 aromatic rings. The molecule has 0 bridgehead atoms. The smallest absolute Gasteiger partial charge is 0.248 e. The van der Waals surface area contributed by atoms with E-state index in [9.17, 15) is 0 Å². The lowest BCUT2D eigenvalue weighted by Crippen LogP contribution is -2.46. The summed E-state index contributed by atoms with van der Waals surface area (Å²) in [6.45, 7) is 9.06. The topological polar surface area (TPSA) is 45.4 Å². The van der Waals surface area contributed by atoms with Crippen molar-refractivity contribution in [3.05, 3.63) is 64.0 Å². The zero-order valence-electron chi connectivity index (χ0n) is 15.7. The summed E-state index contributed by atoms with van der Waals surface area (Å²) in [7, 11) is 0. The van der Waals surface area contributed by atoms with Gasteiger partial charge in [0, 0.05) is 36.3 Å². The Morgan fingerprint density at radius 1 is 0.963 bits per heavy atom. The molecule has 1 aliphatic heterocycles. The molecule has 0 atom stereocenters. The maximum Gasteiger partial charge on any atom is 0.248 e. The number of benzene rings is 2. The molecule has 140 valence electrons. The first-order valence-electron chi connectivity index (χ1n) is 9.22. The normalized spacial score (nSPS) is 15.3. The third-order valence-electron chi connectivity index (χ3n) is 5.22. The predicted octanol–water partition coefficient (Wildman–Crippen LogP) is 4.44. The van der Waals surface area contributed by atoms with Crippen LogP contribution in [0.3, 0.4) is 0 Å². The molecule has 0 N–H and O–H groups in total. The van der Waals surface area contributed by atoms with Gasteiger partial charge < -0.3 is 9.32 Å². The van der Waals surface area contributed by atoms with E-state index in [1.807, 2.05) is 24.3 Å². The first-order chi connectivity index (χ1) is 13.1. The highest BCUT2D eigenvalue weighted by molar-refractivity contribution is 9.10. The van der Waals surface area contributed by atoms with Gasteiger partial charge in [-0.1, -0.05) is 24.3 Å². The molecule has 1 fully saturated rings. The Morgan fingerprint density at radius 3 is 2.52 bits per heavy atom. The monoisotopic (exact) mass is 426 g/mol. The van der Waals surface area contributed by atoms with Crippen LogP contribution in [-0.4, -0.2) is 41.3 Å². The molecule has 27 heavy (non-hydrogen) atoms. The summed E-state index contributed by atoms with van der Waals surface area (Å²) in [5.41, 5.74) is 5.00. The van der Waals surface area contributed by atoms with Crippen LogP contribution in [0.15, 0.2) is 51.4 Å². The van der Waals surface area contributed by atoms with E-state index in [1.165, 1.54) is 16.8 Å². The van der Waals surface area contributed by atoms with Gasteiger partial charge in [0.2, 0.25) is 11.8 Å². The summed E-state index contributed by atoms with van der Waals surface area (Å²) in [4.78, 5) is 4.85. The number of halogens is 1. The van der Waals surface area contributed by atoms with Crippen LogP contribution >= 0.6 is 15.9 Å². The molecule has 1 saturated heterocycles. The summed E-state index contributed by atoms with van der Waals surface area (Å²) in [5, 5.41) is 8.45. The Bertz CT molecular complexity index is 931. The summed E-state index contributed by atoms with van der Waals surface area (Å²) in [6.07, 6.45) is 0. The third kappa shape index (κ3) is 3.92. The summed E-state index contributed by atoms with van der Waals surface area (Å²) in [5.74, 6) is 1.23. The molecular formula is C21H23BrN4O. The van der Waals surface area contributed by atoms with Crippen LogP contribution in [0.5, 0.6) is 0 Å². The molecule has 0 saturated carbocycles. The van der Waals surface area contributed by atoms with Crippen molar-refractivity contribution in [2.45, 2.75) is 20.4 Å². The van der Waals surface area contributed by atoms with Crippen LogP contribution in [-0.2, 0) is 6.54 Å². The van der Waals surface area contributed by atoms with Crippen molar-refractivity contribution in [1.82, 2.24) is 15.1 Å². The second kappa shape index (κ2) is 7.82. The van der Waals surface area contributed by atoms with Crippen molar-refractivity contribution >= 4 is 21.6 Å². The minimum absolute atomic E-state index is 0.562. The number of aryl methyl sites for hydroxylation is 1. The first kappa shape index (κ1) is 18.2. The largest absolute Gasteiger partial charge is 0.419 e. The van der Waals surface area contributed by atoms with Crippen LogP contribution in [0.2, 0.25) is 0 Å². The molecule has 4 rings (SSSR count). The first-order valence-corrected chi connectivity index (χ1v) is 10.0. The molecule has 2 aromatic carbocycles. The molecule has 1 aliphatic rings. The van der Waals surface area contributed by atoms with Gasteiger partial charge in [0.1, 0.15) is 0 Å². The van der Waals surface area contributed by atoms with Crippen LogP contribution in [0.25, 0.3) is 11.5 Å². The Labute approximate surface area is 168 Å². The van der Waals surface area contributed by atoms with Gasteiger partial charge in [-0.05, 0) is 59.1 Å². The average molecular weight is 427 g/mol. The molecule has 0 spiro atoms. The molecule has 0 amide bonds. The lowest BCUT2D eigenvalue weighted by molar-refractivity contribution is 0.227. The van der Waals surface area contributed by atoms with Gasteiger partial charge in [-0.3, -0.25) is 4.90 Å². The van der Waals surface area contributed by atoms with Crippen molar-refractivity contribution in [2.75, 3.05) is 31.1 Å². The average Bonchev–Trinajstić information content (AvgIpc) is 3.13. The molecular weight excluding hydrogens is 404 g/mol. The second-order valence-corrected chi connectivity index (χ2v) is 7.82. The van der Waals surface area contributed by atoms with Crippen LogP contribution in [0.4, 0.5) is 5.69 Å². The van der Waals surface area contributed by atoms with E-state index in [4.69, 9.17) is 4.42 Å². The van der Waals surface area contributed by atoms with Crippen LogP contribution in [0.1, 0.15) is 17.0 Å². The Hall–Kier alpha value is -2.18. The minimum atomic E-state index is 0.562. The lowest BCUT2D eigenvalue weighted by Gasteiger charge is -2.36. The van der Waals surface area contributed by atoms with Gasteiger partial charge in [-0.15, -0.1) is 10.2 Å². The number of rotatable bonds is 4.